The van der Waals surface area contributed by atoms with Crippen molar-refractivity contribution in [1.29, 1.82) is 0 Å². The number of aromatic nitrogens is 2. The highest BCUT2D eigenvalue weighted by Crippen LogP contribution is 2.19. The van der Waals surface area contributed by atoms with E-state index in [-0.39, 0.29) is 0 Å². The highest BCUT2D eigenvalue weighted by Gasteiger charge is 2.06. The minimum atomic E-state index is 0.624. The second kappa shape index (κ2) is 5.63. The third kappa shape index (κ3) is 2.94. The molecule has 90 valence electrons. The molecule has 0 atom stereocenters. The molecule has 0 aliphatic heterocycles. The molecule has 0 fully saturated rings. The SMILES string of the molecule is COc1ncnc(NCCc2cccs2)c1C. The third-order valence-electron chi connectivity index (χ3n) is 2.48. The van der Waals surface area contributed by atoms with Gasteiger partial charge in [-0.1, -0.05) is 6.07 Å². The fourth-order valence-corrected chi connectivity index (χ4v) is 2.29. The molecule has 0 aliphatic rings. The third-order valence-corrected chi connectivity index (χ3v) is 3.41. The molecule has 1 N–H and O–H groups in total. The van der Waals surface area contributed by atoms with Crippen molar-refractivity contribution in [3.63, 3.8) is 0 Å². The Morgan fingerprint density at radius 3 is 3.00 bits per heavy atom. The smallest absolute Gasteiger partial charge is 0.221 e. The number of anilines is 1. The summed E-state index contributed by atoms with van der Waals surface area (Å²) in [4.78, 5) is 9.62. The molecule has 0 amide bonds. The number of methoxy groups -OCH3 is 1. The second-order valence-corrected chi connectivity index (χ2v) is 4.64. The first-order chi connectivity index (χ1) is 8.31. The molecule has 2 aromatic heterocycles. The van der Waals surface area contributed by atoms with Crippen LogP contribution in [0, 0.1) is 6.92 Å². The van der Waals surface area contributed by atoms with Gasteiger partial charge in [0.2, 0.25) is 5.88 Å². The molecular weight excluding hydrogens is 234 g/mol. The van der Waals surface area contributed by atoms with Crippen molar-refractivity contribution in [2.75, 3.05) is 19.0 Å². The maximum atomic E-state index is 5.15. The molecule has 2 aromatic rings. The molecule has 0 radical (unpaired) electrons. The van der Waals surface area contributed by atoms with Gasteiger partial charge in [-0.25, -0.2) is 9.97 Å². The van der Waals surface area contributed by atoms with Crippen molar-refractivity contribution in [3.05, 3.63) is 34.3 Å². The molecular formula is C12H15N3OS. The quantitative estimate of drug-likeness (QED) is 0.884. The van der Waals surface area contributed by atoms with Gasteiger partial charge in [0.1, 0.15) is 12.1 Å². The van der Waals surface area contributed by atoms with Gasteiger partial charge in [0.05, 0.1) is 12.7 Å². The van der Waals surface area contributed by atoms with Crippen LogP contribution in [0.1, 0.15) is 10.4 Å². The Labute approximate surface area is 105 Å². The van der Waals surface area contributed by atoms with Crippen LogP contribution >= 0.6 is 11.3 Å². The maximum absolute atomic E-state index is 5.15. The number of ether oxygens (including phenoxy) is 1. The zero-order valence-electron chi connectivity index (χ0n) is 9.93. The molecule has 0 unspecified atom stereocenters. The number of nitrogens with zero attached hydrogens (tertiary/aromatic N) is 2. The van der Waals surface area contributed by atoms with Crippen molar-refractivity contribution in [3.8, 4) is 5.88 Å². The number of hydrogen-bond donors (Lipinski definition) is 1. The summed E-state index contributed by atoms with van der Waals surface area (Å²) in [5.41, 5.74) is 0.946. The lowest BCUT2D eigenvalue weighted by atomic mass is 10.3. The highest BCUT2D eigenvalue weighted by molar-refractivity contribution is 7.09. The molecule has 2 heterocycles. The van der Waals surface area contributed by atoms with E-state index >= 15 is 0 Å². The lowest BCUT2D eigenvalue weighted by Gasteiger charge is -2.09. The summed E-state index contributed by atoms with van der Waals surface area (Å²) in [5, 5.41) is 5.39. The van der Waals surface area contributed by atoms with Crippen LogP contribution in [0.4, 0.5) is 5.82 Å². The van der Waals surface area contributed by atoms with Crippen LogP contribution in [-0.4, -0.2) is 23.6 Å². The van der Waals surface area contributed by atoms with Crippen molar-refractivity contribution >= 4 is 17.2 Å². The normalized spacial score (nSPS) is 10.2. The number of nitrogens with one attached hydrogen (secondary N) is 1. The molecule has 0 bridgehead atoms. The van der Waals surface area contributed by atoms with Crippen LogP contribution in [0.15, 0.2) is 23.8 Å². The van der Waals surface area contributed by atoms with Crippen LogP contribution in [0.5, 0.6) is 5.88 Å². The Morgan fingerprint density at radius 1 is 1.41 bits per heavy atom. The average Bonchev–Trinajstić information content (AvgIpc) is 2.84. The van der Waals surface area contributed by atoms with Crippen LogP contribution in [-0.2, 0) is 6.42 Å². The zero-order valence-corrected chi connectivity index (χ0v) is 10.8. The minimum Gasteiger partial charge on any atom is -0.481 e. The van der Waals surface area contributed by atoms with Crippen LogP contribution in [0.3, 0.4) is 0 Å². The van der Waals surface area contributed by atoms with E-state index in [1.54, 1.807) is 18.4 Å². The summed E-state index contributed by atoms with van der Waals surface area (Å²) in [6.45, 7) is 2.81. The summed E-state index contributed by atoms with van der Waals surface area (Å²) < 4.78 is 5.15. The van der Waals surface area contributed by atoms with E-state index in [1.165, 1.54) is 11.2 Å². The Kier molecular flexibility index (Phi) is 3.93. The Bertz CT molecular complexity index is 471. The van der Waals surface area contributed by atoms with Crippen molar-refractivity contribution in [1.82, 2.24) is 9.97 Å². The number of rotatable bonds is 5. The maximum Gasteiger partial charge on any atom is 0.221 e. The monoisotopic (exact) mass is 249 g/mol. The molecule has 4 nitrogen and oxygen atoms in total. The van der Waals surface area contributed by atoms with E-state index in [0.717, 1.165) is 24.3 Å². The number of hydrogen-bond acceptors (Lipinski definition) is 5. The fraction of sp³-hybridized carbons (Fsp3) is 0.333. The minimum absolute atomic E-state index is 0.624. The van der Waals surface area contributed by atoms with Crippen LogP contribution < -0.4 is 10.1 Å². The first-order valence-corrected chi connectivity index (χ1v) is 6.31. The topological polar surface area (TPSA) is 47.0 Å². The fourth-order valence-electron chi connectivity index (χ4n) is 1.58. The van der Waals surface area contributed by atoms with Crippen molar-refractivity contribution in [2.45, 2.75) is 13.3 Å². The highest BCUT2D eigenvalue weighted by atomic mass is 32.1. The lowest BCUT2D eigenvalue weighted by Crippen LogP contribution is -2.08. The van der Waals surface area contributed by atoms with Crippen molar-refractivity contribution < 1.29 is 4.74 Å². The summed E-state index contributed by atoms with van der Waals surface area (Å²) in [6, 6.07) is 4.21. The first-order valence-electron chi connectivity index (χ1n) is 5.43. The zero-order chi connectivity index (χ0) is 12.1. The van der Waals surface area contributed by atoms with Crippen molar-refractivity contribution in [2.24, 2.45) is 0 Å². The van der Waals surface area contributed by atoms with E-state index in [2.05, 4.69) is 32.8 Å². The van der Waals surface area contributed by atoms with Gasteiger partial charge in [-0.2, -0.15) is 0 Å². The van der Waals surface area contributed by atoms with E-state index in [4.69, 9.17) is 4.74 Å². The largest absolute Gasteiger partial charge is 0.481 e. The molecule has 17 heavy (non-hydrogen) atoms. The van der Waals surface area contributed by atoms with Crippen LogP contribution in [0.2, 0.25) is 0 Å². The van der Waals surface area contributed by atoms with Gasteiger partial charge in [0.25, 0.3) is 0 Å². The van der Waals surface area contributed by atoms with Gasteiger partial charge in [0, 0.05) is 11.4 Å². The summed E-state index contributed by atoms with van der Waals surface area (Å²) in [7, 11) is 1.62. The van der Waals surface area contributed by atoms with Crippen LogP contribution in [0.25, 0.3) is 0 Å². The molecule has 0 saturated heterocycles. The summed E-state index contributed by atoms with van der Waals surface area (Å²) in [6.07, 6.45) is 2.52. The first kappa shape index (κ1) is 11.9. The van der Waals surface area contributed by atoms with E-state index in [0.29, 0.717) is 5.88 Å². The number of thiophene rings is 1. The predicted molar refractivity (Wildman–Crippen MR) is 69.8 cm³/mol. The molecule has 0 aliphatic carbocycles. The van der Waals surface area contributed by atoms with Gasteiger partial charge in [-0.15, -0.1) is 11.3 Å². The van der Waals surface area contributed by atoms with Gasteiger partial charge >= 0.3 is 0 Å². The Balaban J connectivity index is 1.95. The van der Waals surface area contributed by atoms with E-state index in [9.17, 15) is 0 Å². The molecule has 0 spiro atoms. The van der Waals surface area contributed by atoms with Gasteiger partial charge in [0.15, 0.2) is 0 Å². The van der Waals surface area contributed by atoms with Gasteiger partial charge in [-0.3, -0.25) is 0 Å². The standard InChI is InChI=1S/C12H15N3OS/c1-9-11(14-8-15-12(9)16-2)13-6-5-10-4-3-7-17-10/h3-4,7-8H,5-6H2,1-2H3,(H,13,14,15). The molecule has 5 heteroatoms. The van der Waals surface area contributed by atoms with E-state index < -0.39 is 0 Å². The Morgan fingerprint density at radius 2 is 2.29 bits per heavy atom. The van der Waals surface area contributed by atoms with E-state index in [1.807, 2.05) is 6.92 Å². The van der Waals surface area contributed by atoms with Gasteiger partial charge < -0.3 is 10.1 Å². The molecule has 2 rings (SSSR count). The lowest BCUT2D eigenvalue weighted by molar-refractivity contribution is 0.393. The predicted octanol–water partition coefficient (Wildman–Crippen LogP) is 2.51. The second-order valence-electron chi connectivity index (χ2n) is 3.61. The average molecular weight is 249 g/mol. The summed E-state index contributed by atoms with van der Waals surface area (Å²) in [5.74, 6) is 1.46. The summed E-state index contributed by atoms with van der Waals surface area (Å²) >= 11 is 1.77. The molecule has 0 saturated carbocycles. The Hall–Kier alpha value is -1.62. The molecule has 0 aromatic carbocycles. The van der Waals surface area contributed by atoms with Gasteiger partial charge in [-0.05, 0) is 24.8 Å².